The summed E-state index contributed by atoms with van der Waals surface area (Å²) in [7, 11) is 1.97. The van der Waals surface area contributed by atoms with E-state index in [0.29, 0.717) is 6.54 Å². The molecule has 2 aromatic rings. The summed E-state index contributed by atoms with van der Waals surface area (Å²) < 4.78 is 15.5. The Kier molecular flexibility index (Phi) is 6.99. The highest BCUT2D eigenvalue weighted by Crippen LogP contribution is 2.24. The number of nitrogens with zero attached hydrogens (tertiary/aromatic N) is 3. The molecule has 0 aliphatic carbocycles. The van der Waals surface area contributed by atoms with Crippen LogP contribution in [0, 0.1) is 19.7 Å². The third kappa shape index (κ3) is 5.55. The van der Waals surface area contributed by atoms with Crippen molar-refractivity contribution in [3.05, 3.63) is 52.6 Å². The lowest BCUT2D eigenvalue weighted by Gasteiger charge is -2.24. The first-order valence-electron chi connectivity index (χ1n) is 9.52. The quantitative estimate of drug-likeness (QED) is 0.579. The van der Waals surface area contributed by atoms with Crippen molar-refractivity contribution < 1.29 is 4.39 Å². The number of hydrogen-bond donors (Lipinski definition) is 2. The summed E-state index contributed by atoms with van der Waals surface area (Å²) in [5.41, 5.74) is 4.25. The van der Waals surface area contributed by atoms with Crippen LogP contribution < -0.4 is 10.6 Å². The van der Waals surface area contributed by atoms with Gasteiger partial charge in [0.25, 0.3) is 0 Å². The van der Waals surface area contributed by atoms with E-state index in [2.05, 4.69) is 36.5 Å². The first-order chi connectivity index (χ1) is 12.7. The normalized spacial score (nSPS) is 12.3. The predicted octanol–water partition coefficient (Wildman–Crippen LogP) is 3.25. The van der Waals surface area contributed by atoms with Crippen LogP contribution in [0.15, 0.2) is 29.3 Å². The van der Waals surface area contributed by atoms with E-state index in [9.17, 15) is 4.39 Å². The Labute approximate surface area is 162 Å². The Morgan fingerprint density at radius 2 is 2.00 bits per heavy atom. The van der Waals surface area contributed by atoms with E-state index >= 15 is 0 Å². The molecule has 6 heteroatoms. The smallest absolute Gasteiger partial charge is 0.191 e. The molecule has 5 nitrogen and oxygen atoms in total. The van der Waals surface area contributed by atoms with Crippen LogP contribution in [0.3, 0.4) is 0 Å². The second kappa shape index (κ2) is 9.02. The summed E-state index contributed by atoms with van der Waals surface area (Å²) >= 11 is 0. The van der Waals surface area contributed by atoms with Gasteiger partial charge < -0.3 is 10.6 Å². The van der Waals surface area contributed by atoms with Crippen molar-refractivity contribution in [1.29, 1.82) is 0 Å². The zero-order valence-electron chi connectivity index (χ0n) is 17.4. The highest BCUT2D eigenvalue weighted by atomic mass is 19.1. The first kappa shape index (κ1) is 20.9. The molecule has 148 valence electrons. The summed E-state index contributed by atoms with van der Waals surface area (Å²) in [6.45, 7) is 12.5. The lowest BCUT2D eigenvalue weighted by atomic mass is 9.85. The highest BCUT2D eigenvalue weighted by molar-refractivity contribution is 5.79. The van der Waals surface area contributed by atoms with Gasteiger partial charge in [-0.1, -0.05) is 26.0 Å². The molecule has 0 saturated carbocycles. The van der Waals surface area contributed by atoms with E-state index in [1.54, 1.807) is 12.1 Å². The fourth-order valence-electron chi connectivity index (χ4n) is 3.10. The van der Waals surface area contributed by atoms with Crippen LogP contribution in [0.1, 0.15) is 43.3 Å². The van der Waals surface area contributed by atoms with Crippen molar-refractivity contribution in [3.63, 3.8) is 0 Å². The third-order valence-electron chi connectivity index (χ3n) is 4.91. The van der Waals surface area contributed by atoms with Gasteiger partial charge in [-0.2, -0.15) is 5.10 Å². The Morgan fingerprint density at radius 3 is 2.59 bits per heavy atom. The van der Waals surface area contributed by atoms with Gasteiger partial charge in [0, 0.05) is 31.2 Å². The number of nitrogens with one attached hydrogen (secondary N) is 2. The molecular weight excluding hydrogens is 341 g/mol. The minimum Gasteiger partial charge on any atom is -0.357 e. The Hall–Kier alpha value is -2.37. The summed E-state index contributed by atoms with van der Waals surface area (Å²) in [4.78, 5) is 4.72. The largest absolute Gasteiger partial charge is 0.357 e. The number of hydrogen-bond acceptors (Lipinski definition) is 2. The topological polar surface area (TPSA) is 54.2 Å². The van der Waals surface area contributed by atoms with E-state index in [0.717, 1.165) is 36.7 Å². The summed E-state index contributed by atoms with van der Waals surface area (Å²) in [5.74, 6) is 0.568. The minimum atomic E-state index is -0.249. The van der Waals surface area contributed by atoms with Gasteiger partial charge in [-0.05, 0) is 50.5 Å². The number of aromatic nitrogens is 2. The lowest BCUT2D eigenvalue weighted by molar-refractivity contribution is 0.529. The molecule has 0 atom stereocenters. The number of aryl methyl sites for hydroxylation is 2. The molecular formula is C21H32FN5. The van der Waals surface area contributed by atoms with Crippen LogP contribution in [0.25, 0.3) is 0 Å². The Morgan fingerprint density at radius 1 is 1.26 bits per heavy atom. The molecule has 0 aliphatic rings. The Balaban J connectivity index is 2.01. The second-order valence-corrected chi connectivity index (χ2v) is 7.54. The first-order valence-corrected chi connectivity index (χ1v) is 9.52. The highest BCUT2D eigenvalue weighted by Gasteiger charge is 2.21. The molecule has 27 heavy (non-hydrogen) atoms. The maximum Gasteiger partial charge on any atom is 0.191 e. The van der Waals surface area contributed by atoms with E-state index in [4.69, 9.17) is 4.99 Å². The fourth-order valence-corrected chi connectivity index (χ4v) is 3.10. The summed E-state index contributed by atoms with van der Waals surface area (Å²) in [6.07, 6.45) is 0.892. The van der Waals surface area contributed by atoms with Crippen LogP contribution in [0.4, 0.5) is 4.39 Å². The molecule has 0 amide bonds. The van der Waals surface area contributed by atoms with Crippen LogP contribution in [-0.4, -0.2) is 35.4 Å². The van der Waals surface area contributed by atoms with Crippen molar-refractivity contribution in [2.24, 2.45) is 12.0 Å². The molecule has 0 aliphatic heterocycles. The van der Waals surface area contributed by atoms with E-state index in [1.165, 1.54) is 17.3 Å². The van der Waals surface area contributed by atoms with Crippen molar-refractivity contribution in [1.82, 2.24) is 20.4 Å². The van der Waals surface area contributed by atoms with E-state index in [-0.39, 0.29) is 11.2 Å². The molecule has 0 bridgehead atoms. The minimum absolute atomic E-state index is 0.211. The molecule has 0 fully saturated rings. The fraction of sp³-hybridized carbons (Fsp3) is 0.524. The maximum absolute atomic E-state index is 13.5. The number of guanidine groups is 1. The standard InChI is InChI=1S/C21H32FN5/c1-7-23-20(24-12-11-19-15(2)26-27(6)16(19)3)25-14-21(4,5)17-9-8-10-18(22)13-17/h8-10,13H,7,11-12,14H2,1-6H3,(H2,23,24,25). The summed E-state index contributed by atoms with van der Waals surface area (Å²) in [6, 6.07) is 6.76. The van der Waals surface area contributed by atoms with Crippen LogP contribution in [0.5, 0.6) is 0 Å². The second-order valence-electron chi connectivity index (χ2n) is 7.54. The van der Waals surface area contributed by atoms with Crippen LogP contribution in [-0.2, 0) is 18.9 Å². The third-order valence-corrected chi connectivity index (χ3v) is 4.91. The molecule has 0 radical (unpaired) electrons. The van der Waals surface area contributed by atoms with Crippen molar-refractivity contribution in [2.45, 2.75) is 46.5 Å². The van der Waals surface area contributed by atoms with Crippen LogP contribution in [0.2, 0.25) is 0 Å². The number of rotatable bonds is 7. The molecule has 1 heterocycles. The van der Waals surface area contributed by atoms with Gasteiger partial charge in [-0.15, -0.1) is 0 Å². The van der Waals surface area contributed by atoms with Crippen molar-refractivity contribution in [2.75, 3.05) is 19.6 Å². The zero-order chi connectivity index (χ0) is 20.0. The van der Waals surface area contributed by atoms with Crippen molar-refractivity contribution in [3.8, 4) is 0 Å². The average Bonchev–Trinajstić information content (AvgIpc) is 2.85. The number of benzene rings is 1. The molecule has 2 N–H and O–H groups in total. The molecule has 0 spiro atoms. The average molecular weight is 374 g/mol. The van der Waals surface area contributed by atoms with Gasteiger partial charge in [-0.25, -0.2) is 4.39 Å². The van der Waals surface area contributed by atoms with Gasteiger partial charge >= 0.3 is 0 Å². The molecule has 1 aromatic heterocycles. The molecule has 1 aromatic carbocycles. The van der Waals surface area contributed by atoms with Gasteiger partial charge in [0.05, 0.1) is 12.2 Å². The van der Waals surface area contributed by atoms with Gasteiger partial charge in [0.15, 0.2) is 5.96 Å². The SMILES string of the molecule is CCNC(=NCC(C)(C)c1cccc(F)c1)NCCc1c(C)nn(C)c1C. The number of aliphatic imine (C=N–C) groups is 1. The number of halogens is 1. The monoisotopic (exact) mass is 373 g/mol. The maximum atomic E-state index is 13.5. The van der Waals surface area contributed by atoms with Gasteiger partial charge in [0.2, 0.25) is 0 Å². The van der Waals surface area contributed by atoms with Gasteiger partial charge in [-0.3, -0.25) is 9.67 Å². The Bertz CT molecular complexity index is 792. The van der Waals surface area contributed by atoms with Crippen LogP contribution >= 0.6 is 0 Å². The van der Waals surface area contributed by atoms with E-state index in [1.807, 2.05) is 31.6 Å². The lowest BCUT2D eigenvalue weighted by Crippen LogP contribution is -2.39. The molecule has 2 rings (SSSR count). The van der Waals surface area contributed by atoms with E-state index < -0.39 is 0 Å². The molecule has 0 unspecified atom stereocenters. The van der Waals surface area contributed by atoms with Crippen molar-refractivity contribution >= 4 is 5.96 Å². The molecule has 0 saturated heterocycles. The summed E-state index contributed by atoms with van der Waals surface area (Å²) in [5, 5.41) is 11.1. The zero-order valence-corrected chi connectivity index (χ0v) is 17.4. The van der Waals surface area contributed by atoms with Gasteiger partial charge in [0.1, 0.15) is 5.82 Å². The predicted molar refractivity (Wildman–Crippen MR) is 110 cm³/mol.